The van der Waals surface area contributed by atoms with Gasteiger partial charge in [0.05, 0.1) is 25.4 Å². The first-order valence-electron chi connectivity index (χ1n) is 7.14. The summed E-state index contributed by atoms with van der Waals surface area (Å²) in [5, 5.41) is 11.9. The summed E-state index contributed by atoms with van der Waals surface area (Å²) < 4.78 is 10.6. The topological polar surface area (TPSA) is 84.9 Å². The number of halogens is 1. The summed E-state index contributed by atoms with van der Waals surface area (Å²) in [6.45, 7) is 5.87. The van der Waals surface area contributed by atoms with Gasteiger partial charge >= 0.3 is 5.97 Å². The molecule has 2 N–H and O–H groups in total. The highest BCUT2D eigenvalue weighted by atomic mass is 35.5. The molecule has 1 atom stereocenters. The maximum atomic E-state index is 12.3. The van der Waals surface area contributed by atoms with Crippen LogP contribution in [0, 0.1) is 0 Å². The molecule has 0 fully saturated rings. The van der Waals surface area contributed by atoms with Gasteiger partial charge in [-0.1, -0.05) is 24.6 Å². The highest BCUT2D eigenvalue weighted by Crippen LogP contribution is 2.23. The van der Waals surface area contributed by atoms with Crippen molar-refractivity contribution in [3.63, 3.8) is 0 Å². The Balaban J connectivity index is 2.87. The molecule has 0 aliphatic rings. The summed E-state index contributed by atoms with van der Waals surface area (Å²) in [7, 11) is 0. The molecule has 0 aromatic heterocycles. The van der Waals surface area contributed by atoms with E-state index in [0.29, 0.717) is 17.4 Å². The molecule has 1 rings (SSSR count). The lowest BCUT2D eigenvalue weighted by molar-refractivity contribution is -0.140. The summed E-state index contributed by atoms with van der Waals surface area (Å²) in [4.78, 5) is 23.5. The van der Waals surface area contributed by atoms with E-state index >= 15 is 0 Å². The highest BCUT2D eigenvalue weighted by molar-refractivity contribution is 6.31. The molecule has 0 saturated carbocycles. The van der Waals surface area contributed by atoms with Crippen molar-refractivity contribution in [3.05, 3.63) is 41.4 Å². The fourth-order valence-electron chi connectivity index (χ4n) is 1.70. The molecule has 126 valence electrons. The third kappa shape index (κ3) is 6.30. The van der Waals surface area contributed by atoms with Gasteiger partial charge in [0.25, 0.3) is 5.91 Å². The molecule has 0 saturated heterocycles. The fourth-order valence-corrected chi connectivity index (χ4v) is 1.87. The van der Waals surface area contributed by atoms with Crippen molar-refractivity contribution in [3.8, 4) is 5.75 Å². The fraction of sp³-hybridized carbons (Fsp3) is 0.375. The number of ether oxygens (including phenoxy) is 2. The zero-order valence-electron chi connectivity index (χ0n) is 12.9. The molecule has 1 amide bonds. The molecule has 0 aliphatic carbocycles. The Labute approximate surface area is 140 Å². The molecule has 6 nitrogen and oxygen atoms in total. The molecule has 1 aromatic rings. The first-order valence-corrected chi connectivity index (χ1v) is 7.52. The second-order valence-corrected chi connectivity index (χ2v) is 5.12. The van der Waals surface area contributed by atoms with Gasteiger partial charge in [-0.2, -0.15) is 0 Å². The normalized spacial score (nSPS) is 11.6. The quantitative estimate of drug-likeness (QED) is 0.504. The second-order valence-electron chi connectivity index (χ2n) is 4.68. The average molecular weight is 342 g/mol. The van der Waals surface area contributed by atoms with E-state index in [-0.39, 0.29) is 18.8 Å². The Hall–Kier alpha value is -2.05. The predicted molar refractivity (Wildman–Crippen MR) is 87.1 cm³/mol. The number of carboxylic acids is 1. The molecule has 0 spiro atoms. The van der Waals surface area contributed by atoms with E-state index in [1.165, 1.54) is 12.1 Å². The van der Waals surface area contributed by atoms with Crippen molar-refractivity contribution in [2.45, 2.75) is 19.4 Å². The van der Waals surface area contributed by atoms with Gasteiger partial charge in [0.2, 0.25) is 0 Å². The van der Waals surface area contributed by atoms with Crippen LogP contribution in [0.25, 0.3) is 0 Å². The maximum absolute atomic E-state index is 12.3. The molecule has 0 bridgehead atoms. The van der Waals surface area contributed by atoms with Crippen LogP contribution in [0.5, 0.6) is 5.75 Å². The lowest BCUT2D eigenvalue weighted by atomic mass is 10.1. The standard InChI is InChI=1S/C16H20ClNO5/c1-3-7-22-10-13(16(20)21)18-15(19)12-9-11(17)5-6-14(12)23-8-4-2/h3,5-6,9,13H,1,4,7-8,10H2,2H3,(H,18,19)(H,20,21). The summed E-state index contributed by atoms with van der Waals surface area (Å²) in [6.07, 6.45) is 2.27. The summed E-state index contributed by atoms with van der Waals surface area (Å²) in [5.74, 6) is -1.43. The van der Waals surface area contributed by atoms with Crippen molar-refractivity contribution in [2.75, 3.05) is 19.8 Å². The third-order valence-electron chi connectivity index (χ3n) is 2.77. The van der Waals surface area contributed by atoms with Gasteiger partial charge in [-0.25, -0.2) is 4.79 Å². The Morgan fingerprint density at radius 2 is 2.22 bits per heavy atom. The minimum atomic E-state index is -1.19. The predicted octanol–water partition coefficient (Wildman–Crippen LogP) is 2.51. The van der Waals surface area contributed by atoms with Gasteiger partial charge in [-0.15, -0.1) is 6.58 Å². The Morgan fingerprint density at radius 3 is 2.83 bits per heavy atom. The number of aliphatic carboxylic acids is 1. The van der Waals surface area contributed by atoms with Crippen molar-refractivity contribution >= 4 is 23.5 Å². The summed E-state index contributed by atoms with van der Waals surface area (Å²) in [5.41, 5.74) is 0.181. The number of hydrogen-bond acceptors (Lipinski definition) is 4. The molecule has 1 unspecified atom stereocenters. The van der Waals surface area contributed by atoms with Crippen molar-refractivity contribution in [1.29, 1.82) is 0 Å². The van der Waals surface area contributed by atoms with E-state index < -0.39 is 17.9 Å². The molecule has 0 aliphatic heterocycles. The van der Waals surface area contributed by atoms with Gasteiger partial charge in [-0.3, -0.25) is 4.79 Å². The van der Waals surface area contributed by atoms with E-state index in [2.05, 4.69) is 11.9 Å². The van der Waals surface area contributed by atoms with Gasteiger partial charge in [0.15, 0.2) is 6.04 Å². The number of carbonyl (C=O) groups is 2. The van der Waals surface area contributed by atoms with E-state index in [0.717, 1.165) is 6.42 Å². The van der Waals surface area contributed by atoms with Gasteiger partial charge in [0, 0.05) is 5.02 Å². The zero-order valence-corrected chi connectivity index (χ0v) is 13.6. The lowest BCUT2D eigenvalue weighted by Crippen LogP contribution is -2.44. The Bertz CT molecular complexity index is 561. The number of carboxylic acid groups (broad SMARTS) is 1. The largest absolute Gasteiger partial charge is 0.493 e. The SMILES string of the molecule is C=CCOCC(NC(=O)c1cc(Cl)ccc1OCCC)C(=O)O. The number of rotatable bonds is 10. The number of benzene rings is 1. The van der Waals surface area contributed by atoms with E-state index in [4.69, 9.17) is 26.2 Å². The highest BCUT2D eigenvalue weighted by Gasteiger charge is 2.23. The molecule has 0 radical (unpaired) electrons. The van der Waals surface area contributed by atoms with Crippen LogP contribution < -0.4 is 10.1 Å². The van der Waals surface area contributed by atoms with Crippen LogP contribution in [-0.2, 0) is 9.53 Å². The van der Waals surface area contributed by atoms with Gasteiger partial charge in [0.1, 0.15) is 5.75 Å². The molecule has 0 heterocycles. The van der Waals surface area contributed by atoms with Crippen LogP contribution in [-0.4, -0.2) is 42.8 Å². The minimum Gasteiger partial charge on any atom is -0.493 e. The van der Waals surface area contributed by atoms with Crippen LogP contribution in [0.4, 0.5) is 0 Å². The van der Waals surface area contributed by atoms with Crippen LogP contribution >= 0.6 is 11.6 Å². The zero-order chi connectivity index (χ0) is 17.2. The van der Waals surface area contributed by atoms with Gasteiger partial charge < -0.3 is 19.9 Å². The van der Waals surface area contributed by atoms with E-state index in [9.17, 15) is 9.59 Å². The summed E-state index contributed by atoms with van der Waals surface area (Å²) in [6, 6.07) is 3.44. The van der Waals surface area contributed by atoms with Crippen molar-refractivity contribution < 1.29 is 24.2 Å². The molecule has 23 heavy (non-hydrogen) atoms. The molecular weight excluding hydrogens is 322 g/mol. The maximum Gasteiger partial charge on any atom is 0.328 e. The first kappa shape index (κ1) is 19.0. The molecule has 1 aromatic carbocycles. The third-order valence-corrected chi connectivity index (χ3v) is 3.01. The number of carbonyl (C=O) groups excluding carboxylic acids is 1. The smallest absolute Gasteiger partial charge is 0.328 e. The van der Waals surface area contributed by atoms with Crippen LogP contribution in [0.2, 0.25) is 5.02 Å². The van der Waals surface area contributed by atoms with Crippen LogP contribution in [0.15, 0.2) is 30.9 Å². The van der Waals surface area contributed by atoms with Crippen LogP contribution in [0.1, 0.15) is 23.7 Å². The lowest BCUT2D eigenvalue weighted by Gasteiger charge is -2.16. The monoisotopic (exact) mass is 341 g/mol. The van der Waals surface area contributed by atoms with E-state index in [1.54, 1.807) is 12.1 Å². The summed E-state index contributed by atoms with van der Waals surface area (Å²) >= 11 is 5.91. The Kier molecular flexibility index (Phi) is 8.15. The van der Waals surface area contributed by atoms with E-state index in [1.807, 2.05) is 6.92 Å². The number of amides is 1. The number of nitrogens with one attached hydrogen (secondary N) is 1. The van der Waals surface area contributed by atoms with Gasteiger partial charge in [-0.05, 0) is 24.6 Å². The minimum absolute atomic E-state index is 0.168. The molecular formula is C16H20ClNO5. The van der Waals surface area contributed by atoms with Crippen molar-refractivity contribution in [2.24, 2.45) is 0 Å². The second kappa shape index (κ2) is 9.86. The first-order chi connectivity index (χ1) is 11.0. The number of hydrogen-bond donors (Lipinski definition) is 2. The Morgan fingerprint density at radius 1 is 1.48 bits per heavy atom. The molecule has 7 heteroatoms. The van der Waals surface area contributed by atoms with Crippen LogP contribution in [0.3, 0.4) is 0 Å². The van der Waals surface area contributed by atoms with Crippen molar-refractivity contribution in [1.82, 2.24) is 5.32 Å². The average Bonchev–Trinajstić information content (AvgIpc) is 2.52.